The average molecular weight is 334 g/mol. The standard InChI is InChI=1S/C13H22N2O4S2/c1-3-15-10-11(9-12(15)13(16)17)21(18,19)14-7-5-4-6-8-20-2/h9-10,14H,3-8H2,1-2H3,(H,16,17). The van der Waals surface area contributed by atoms with Gasteiger partial charge in [-0.05, 0) is 37.8 Å². The normalized spacial score (nSPS) is 11.7. The highest BCUT2D eigenvalue weighted by atomic mass is 32.2. The minimum absolute atomic E-state index is 0.00543. The molecule has 0 amide bonds. The molecule has 1 aromatic heterocycles. The van der Waals surface area contributed by atoms with Gasteiger partial charge in [0.05, 0.1) is 0 Å². The molecule has 0 aromatic carbocycles. The van der Waals surface area contributed by atoms with Gasteiger partial charge in [-0.2, -0.15) is 11.8 Å². The molecule has 0 aliphatic heterocycles. The highest BCUT2D eigenvalue weighted by Gasteiger charge is 2.20. The van der Waals surface area contributed by atoms with Crippen molar-refractivity contribution in [2.24, 2.45) is 0 Å². The van der Waals surface area contributed by atoms with Crippen LogP contribution in [0.15, 0.2) is 17.2 Å². The Kier molecular flexibility index (Phi) is 7.27. The van der Waals surface area contributed by atoms with Gasteiger partial charge in [-0.3, -0.25) is 0 Å². The molecule has 8 heteroatoms. The van der Waals surface area contributed by atoms with Crippen LogP contribution >= 0.6 is 11.8 Å². The highest BCUT2D eigenvalue weighted by Crippen LogP contribution is 2.15. The second-order valence-corrected chi connectivity index (χ2v) is 7.36. The van der Waals surface area contributed by atoms with E-state index in [1.807, 2.05) is 6.26 Å². The van der Waals surface area contributed by atoms with Crippen LogP contribution in [-0.2, 0) is 16.6 Å². The zero-order valence-corrected chi connectivity index (χ0v) is 14.0. The van der Waals surface area contributed by atoms with E-state index in [0.29, 0.717) is 13.1 Å². The Morgan fingerprint density at radius 2 is 2.10 bits per heavy atom. The summed E-state index contributed by atoms with van der Waals surface area (Å²) in [5.74, 6) is -0.0518. The van der Waals surface area contributed by atoms with Gasteiger partial charge in [-0.1, -0.05) is 6.42 Å². The molecule has 0 aliphatic rings. The van der Waals surface area contributed by atoms with E-state index in [-0.39, 0.29) is 10.6 Å². The summed E-state index contributed by atoms with van der Waals surface area (Å²) < 4.78 is 28.1. The number of carboxylic acid groups (broad SMARTS) is 1. The number of nitrogens with one attached hydrogen (secondary N) is 1. The van der Waals surface area contributed by atoms with E-state index in [4.69, 9.17) is 5.11 Å². The third-order valence-corrected chi connectivity index (χ3v) is 5.18. The Labute approximate surface area is 130 Å². The van der Waals surface area contributed by atoms with Crippen LogP contribution in [0.3, 0.4) is 0 Å². The summed E-state index contributed by atoms with van der Waals surface area (Å²) in [7, 11) is -3.64. The molecule has 0 saturated carbocycles. The molecule has 1 aromatic rings. The number of sulfonamides is 1. The van der Waals surface area contributed by atoms with Crippen molar-refractivity contribution in [3.05, 3.63) is 18.0 Å². The zero-order chi connectivity index (χ0) is 15.9. The van der Waals surface area contributed by atoms with Crippen LogP contribution in [0.2, 0.25) is 0 Å². The number of aromatic carboxylic acids is 1. The fourth-order valence-electron chi connectivity index (χ4n) is 1.91. The van der Waals surface area contributed by atoms with E-state index < -0.39 is 16.0 Å². The summed E-state index contributed by atoms with van der Waals surface area (Å²) >= 11 is 1.77. The number of hydrogen-bond donors (Lipinski definition) is 2. The lowest BCUT2D eigenvalue weighted by molar-refractivity contribution is 0.0685. The van der Waals surface area contributed by atoms with Gasteiger partial charge in [0.1, 0.15) is 10.6 Å². The maximum absolute atomic E-state index is 12.1. The van der Waals surface area contributed by atoms with Crippen molar-refractivity contribution >= 4 is 27.8 Å². The first kappa shape index (κ1) is 18.1. The molecule has 0 spiro atoms. The van der Waals surface area contributed by atoms with Gasteiger partial charge in [0.15, 0.2) is 0 Å². The number of unbranched alkanes of at least 4 members (excludes halogenated alkanes) is 2. The molecule has 2 N–H and O–H groups in total. The summed E-state index contributed by atoms with van der Waals surface area (Å²) in [4.78, 5) is 11.0. The van der Waals surface area contributed by atoms with Gasteiger partial charge in [-0.15, -0.1) is 0 Å². The van der Waals surface area contributed by atoms with Gasteiger partial charge < -0.3 is 9.67 Å². The van der Waals surface area contributed by atoms with Crippen LogP contribution in [0.1, 0.15) is 36.7 Å². The van der Waals surface area contributed by atoms with Crippen molar-refractivity contribution < 1.29 is 18.3 Å². The van der Waals surface area contributed by atoms with Gasteiger partial charge in [-0.25, -0.2) is 17.9 Å². The molecule has 1 heterocycles. The lowest BCUT2D eigenvalue weighted by Gasteiger charge is -2.04. The first-order valence-electron chi connectivity index (χ1n) is 6.84. The SMILES string of the molecule is CCn1cc(S(=O)(=O)NCCCCCSC)cc1C(=O)O. The van der Waals surface area contributed by atoms with Gasteiger partial charge in [0.2, 0.25) is 10.0 Å². The quantitative estimate of drug-likeness (QED) is 0.639. The van der Waals surface area contributed by atoms with E-state index >= 15 is 0 Å². The number of nitrogens with zero attached hydrogens (tertiary/aromatic N) is 1. The Balaban J connectivity index is 2.64. The van der Waals surface area contributed by atoms with Crippen LogP contribution < -0.4 is 4.72 Å². The number of aromatic nitrogens is 1. The first-order chi connectivity index (χ1) is 9.92. The van der Waals surface area contributed by atoms with Crippen molar-refractivity contribution in [3.8, 4) is 0 Å². The fourth-order valence-corrected chi connectivity index (χ4v) is 3.51. The van der Waals surface area contributed by atoms with Crippen LogP contribution in [0, 0.1) is 0 Å². The van der Waals surface area contributed by atoms with E-state index in [9.17, 15) is 13.2 Å². The minimum atomic E-state index is -3.64. The molecule has 120 valence electrons. The third-order valence-electron chi connectivity index (χ3n) is 3.06. The van der Waals surface area contributed by atoms with E-state index in [2.05, 4.69) is 4.72 Å². The number of rotatable bonds is 10. The van der Waals surface area contributed by atoms with Crippen molar-refractivity contribution in [1.29, 1.82) is 0 Å². The fraction of sp³-hybridized carbons (Fsp3) is 0.615. The molecule has 6 nitrogen and oxygen atoms in total. The minimum Gasteiger partial charge on any atom is -0.477 e. The Bertz CT molecular complexity index is 567. The Morgan fingerprint density at radius 3 is 2.62 bits per heavy atom. The molecule has 21 heavy (non-hydrogen) atoms. The van der Waals surface area contributed by atoms with Crippen LogP contribution in [-0.4, -0.2) is 42.6 Å². The Morgan fingerprint density at radius 1 is 1.38 bits per heavy atom. The average Bonchev–Trinajstić information content (AvgIpc) is 2.88. The Hall–Kier alpha value is -0.990. The number of aryl methyl sites for hydroxylation is 1. The predicted molar refractivity (Wildman–Crippen MR) is 84.5 cm³/mol. The molecular formula is C13H22N2O4S2. The summed E-state index contributed by atoms with van der Waals surface area (Å²) in [5.41, 5.74) is -0.0159. The smallest absolute Gasteiger partial charge is 0.352 e. The molecule has 1 rings (SSSR count). The van der Waals surface area contributed by atoms with Crippen LogP contribution in [0.4, 0.5) is 0 Å². The molecule has 0 bridgehead atoms. The number of hydrogen-bond acceptors (Lipinski definition) is 4. The number of carbonyl (C=O) groups is 1. The molecule has 0 aliphatic carbocycles. The highest BCUT2D eigenvalue weighted by molar-refractivity contribution is 7.98. The van der Waals surface area contributed by atoms with Crippen LogP contribution in [0.25, 0.3) is 0 Å². The van der Waals surface area contributed by atoms with Crippen LogP contribution in [0.5, 0.6) is 0 Å². The summed E-state index contributed by atoms with van der Waals surface area (Å²) in [5, 5.41) is 9.03. The molecule has 0 radical (unpaired) electrons. The van der Waals surface area contributed by atoms with Gasteiger partial charge in [0.25, 0.3) is 0 Å². The molecule has 0 fully saturated rings. The summed E-state index contributed by atoms with van der Waals surface area (Å²) in [6.07, 6.45) is 6.22. The van der Waals surface area contributed by atoms with Crippen molar-refractivity contribution in [1.82, 2.24) is 9.29 Å². The summed E-state index contributed by atoms with van der Waals surface area (Å²) in [6, 6.07) is 1.20. The topological polar surface area (TPSA) is 88.4 Å². The molecular weight excluding hydrogens is 312 g/mol. The zero-order valence-electron chi connectivity index (χ0n) is 12.3. The second kappa shape index (κ2) is 8.45. The van der Waals surface area contributed by atoms with E-state index in [1.165, 1.54) is 16.8 Å². The monoisotopic (exact) mass is 334 g/mol. The first-order valence-corrected chi connectivity index (χ1v) is 9.72. The lowest BCUT2D eigenvalue weighted by Crippen LogP contribution is -2.24. The molecule has 0 saturated heterocycles. The number of thioether (sulfide) groups is 1. The van der Waals surface area contributed by atoms with E-state index in [0.717, 1.165) is 25.0 Å². The van der Waals surface area contributed by atoms with Crippen molar-refractivity contribution in [3.63, 3.8) is 0 Å². The predicted octanol–water partition coefficient (Wildman–Crippen LogP) is 2.02. The molecule has 0 atom stereocenters. The van der Waals surface area contributed by atoms with E-state index in [1.54, 1.807) is 18.7 Å². The summed E-state index contributed by atoms with van der Waals surface area (Å²) in [6.45, 7) is 2.55. The van der Waals surface area contributed by atoms with Crippen molar-refractivity contribution in [2.75, 3.05) is 18.6 Å². The van der Waals surface area contributed by atoms with Gasteiger partial charge in [0, 0.05) is 19.3 Å². The maximum atomic E-state index is 12.1. The molecule has 0 unspecified atom stereocenters. The maximum Gasteiger partial charge on any atom is 0.352 e. The lowest BCUT2D eigenvalue weighted by atomic mass is 10.2. The third kappa shape index (κ3) is 5.37. The number of carboxylic acids is 1. The second-order valence-electron chi connectivity index (χ2n) is 4.60. The van der Waals surface area contributed by atoms with Crippen molar-refractivity contribution in [2.45, 2.75) is 37.6 Å². The van der Waals surface area contributed by atoms with Gasteiger partial charge >= 0.3 is 5.97 Å². The largest absolute Gasteiger partial charge is 0.477 e.